The summed E-state index contributed by atoms with van der Waals surface area (Å²) in [7, 11) is 0. The van der Waals surface area contributed by atoms with Crippen molar-refractivity contribution in [3.63, 3.8) is 0 Å². The SMILES string of the molecule is C/C(=N\O)c1ccc(OCC(=O)N2CCC(C)CC2)cc1. The molecule has 1 aromatic rings. The van der Waals surface area contributed by atoms with Gasteiger partial charge in [-0.3, -0.25) is 4.79 Å². The number of carbonyl (C=O) groups excluding carboxylic acids is 1. The van der Waals surface area contributed by atoms with Gasteiger partial charge in [0.05, 0.1) is 5.71 Å². The standard InChI is InChI=1S/C16H22N2O3/c1-12-7-9-18(10-8-12)16(19)11-21-15-5-3-14(4-6-15)13(2)17-20/h3-6,12,20H,7-11H2,1-2H3/b17-13+. The Bertz CT molecular complexity index is 503. The van der Waals surface area contributed by atoms with Gasteiger partial charge in [-0.15, -0.1) is 0 Å². The van der Waals surface area contributed by atoms with Crippen molar-refractivity contribution in [2.75, 3.05) is 19.7 Å². The van der Waals surface area contributed by atoms with Crippen LogP contribution < -0.4 is 4.74 Å². The third kappa shape index (κ3) is 4.21. The number of hydrogen-bond acceptors (Lipinski definition) is 4. The highest BCUT2D eigenvalue weighted by Crippen LogP contribution is 2.17. The molecule has 0 radical (unpaired) electrons. The Hall–Kier alpha value is -2.04. The molecule has 114 valence electrons. The Labute approximate surface area is 125 Å². The molecule has 0 bridgehead atoms. The fourth-order valence-electron chi connectivity index (χ4n) is 2.34. The molecule has 0 unspecified atom stereocenters. The second-order valence-electron chi connectivity index (χ2n) is 5.56. The monoisotopic (exact) mass is 290 g/mol. The average Bonchev–Trinajstić information content (AvgIpc) is 2.53. The molecular weight excluding hydrogens is 268 g/mol. The minimum absolute atomic E-state index is 0.0408. The van der Waals surface area contributed by atoms with Crippen LogP contribution in [0.4, 0.5) is 0 Å². The van der Waals surface area contributed by atoms with E-state index in [1.54, 1.807) is 31.2 Å². The lowest BCUT2D eigenvalue weighted by Crippen LogP contribution is -2.40. The summed E-state index contributed by atoms with van der Waals surface area (Å²) in [6.45, 7) is 5.66. The predicted octanol–water partition coefficient (Wildman–Crippen LogP) is 2.52. The van der Waals surface area contributed by atoms with Gasteiger partial charge < -0.3 is 14.8 Å². The first-order valence-electron chi connectivity index (χ1n) is 7.30. The van der Waals surface area contributed by atoms with Crippen LogP contribution in [-0.2, 0) is 4.79 Å². The van der Waals surface area contributed by atoms with Crippen molar-refractivity contribution in [2.24, 2.45) is 11.1 Å². The van der Waals surface area contributed by atoms with E-state index >= 15 is 0 Å². The van der Waals surface area contributed by atoms with Crippen LogP contribution in [0.25, 0.3) is 0 Å². The van der Waals surface area contributed by atoms with Crippen molar-refractivity contribution in [2.45, 2.75) is 26.7 Å². The summed E-state index contributed by atoms with van der Waals surface area (Å²) in [5, 5.41) is 11.8. The second-order valence-corrected chi connectivity index (χ2v) is 5.56. The molecule has 0 spiro atoms. The summed E-state index contributed by atoms with van der Waals surface area (Å²) in [5.41, 5.74) is 1.36. The Balaban J connectivity index is 1.84. The maximum absolute atomic E-state index is 12.0. The number of rotatable bonds is 4. The van der Waals surface area contributed by atoms with Crippen molar-refractivity contribution in [1.82, 2.24) is 4.90 Å². The van der Waals surface area contributed by atoms with Crippen LogP contribution in [0.5, 0.6) is 5.75 Å². The summed E-state index contributed by atoms with van der Waals surface area (Å²) in [6, 6.07) is 7.15. The van der Waals surface area contributed by atoms with E-state index in [-0.39, 0.29) is 12.5 Å². The predicted molar refractivity (Wildman–Crippen MR) is 80.9 cm³/mol. The molecule has 5 nitrogen and oxygen atoms in total. The summed E-state index contributed by atoms with van der Waals surface area (Å²) in [6.07, 6.45) is 2.14. The Morgan fingerprint density at radius 2 is 1.95 bits per heavy atom. The normalized spacial score (nSPS) is 16.9. The molecule has 0 aromatic heterocycles. The van der Waals surface area contributed by atoms with E-state index < -0.39 is 0 Å². The van der Waals surface area contributed by atoms with Gasteiger partial charge in [0.2, 0.25) is 0 Å². The first kappa shape index (κ1) is 15.4. The minimum atomic E-state index is 0.0408. The average molecular weight is 290 g/mol. The molecule has 5 heteroatoms. The van der Waals surface area contributed by atoms with Gasteiger partial charge in [0.25, 0.3) is 5.91 Å². The van der Waals surface area contributed by atoms with E-state index in [1.807, 2.05) is 4.90 Å². The minimum Gasteiger partial charge on any atom is -0.484 e. The lowest BCUT2D eigenvalue weighted by Gasteiger charge is -2.30. The zero-order valence-corrected chi connectivity index (χ0v) is 12.6. The van der Waals surface area contributed by atoms with Gasteiger partial charge in [-0.2, -0.15) is 0 Å². The maximum atomic E-state index is 12.0. The van der Waals surface area contributed by atoms with E-state index in [4.69, 9.17) is 9.94 Å². The fourth-order valence-corrected chi connectivity index (χ4v) is 2.34. The molecule has 1 saturated heterocycles. The molecule has 1 N–H and O–H groups in total. The molecule has 1 aromatic carbocycles. The number of nitrogens with zero attached hydrogens (tertiary/aromatic N) is 2. The van der Waals surface area contributed by atoms with E-state index in [0.29, 0.717) is 17.4 Å². The Kier molecular flexibility index (Phi) is 5.20. The van der Waals surface area contributed by atoms with Gasteiger partial charge in [-0.05, 0) is 55.5 Å². The van der Waals surface area contributed by atoms with E-state index in [0.717, 1.165) is 31.5 Å². The van der Waals surface area contributed by atoms with Crippen molar-refractivity contribution in [3.05, 3.63) is 29.8 Å². The third-order valence-corrected chi connectivity index (χ3v) is 3.92. The van der Waals surface area contributed by atoms with Crippen molar-refractivity contribution in [3.8, 4) is 5.75 Å². The van der Waals surface area contributed by atoms with Crippen molar-refractivity contribution < 1.29 is 14.7 Å². The number of likely N-dealkylation sites (tertiary alicyclic amines) is 1. The van der Waals surface area contributed by atoms with Crippen molar-refractivity contribution in [1.29, 1.82) is 0 Å². The molecule has 1 amide bonds. The number of oxime groups is 1. The zero-order valence-electron chi connectivity index (χ0n) is 12.6. The highest BCUT2D eigenvalue weighted by molar-refractivity contribution is 5.98. The summed E-state index contributed by atoms with van der Waals surface area (Å²) in [4.78, 5) is 13.9. The number of amides is 1. The van der Waals surface area contributed by atoms with Crippen molar-refractivity contribution >= 4 is 11.6 Å². The van der Waals surface area contributed by atoms with Crippen LogP contribution in [0.2, 0.25) is 0 Å². The van der Waals surface area contributed by atoms with E-state index in [9.17, 15) is 4.79 Å². The third-order valence-electron chi connectivity index (χ3n) is 3.92. The molecule has 21 heavy (non-hydrogen) atoms. The Morgan fingerprint density at radius 3 is 2.52 bits per heavy atom. The van der Waals surface area contributed by atoms with E-state index in [2.05, 4.69) is 12.1 Å². The number of hydrogen-bond donors (Lipinski definition) is 1. The highest BCUT2D eigenvalue weighted by Gasteiger charge is 2.20. The molecule has 0 saturated carbocycles. The second kappa shape index (κ2) is 7.11. The summed E-state index contributed by atoms with van der Waals surface area (Å²) >= 11 is 0. The van der Waals surface area contributed by atoms with Gasteiger partial charge in [-0.25, -0.2) is 0 Å². The number of carbonyl (C=O) groups is 1. The van der Waals surface area contributed by atoms with Crippen LogP contribution in [0, 0.1) is 5.92 Å². The molecule has 1 aliphatic heterocycles. The fraction of sp³-hybridized carbons (Fsp3) is 0.500. The van der Waals surface area contributed by atoms with Gasteiger partial charge in [-0.1, -0.05) is 12.1 Å². The molecular formula is C16H22N2O3. The van der Waals surface area contributed by atoms with Gasteiger partial charge in [0.1, 0.15) is 5.75 Å². The number of ether oxygens (including phenoxy) is 1. The topological polar surface area (TPSA) is 62.1 Å². The molecule has 0 atom stereocenters. The van der Waals surface area contributed by atoms with Gasteiger partial charge >= 0.3 is 0 Å². The zero-order chi connectivity index (χ0) is 15.2. The first-order valence-corrected chi connectivity index (χ1v) is 7.30. The number of benzene rings is 1. The molecule has 2 rings (SSSR count). The maximum Gasteiger partial charge on any atom is 0.260 e. The number of piperidine rings is 1. The molecule has 1 aliphatic rings. The van der Waals surface area contributed by atoms with Crippen LogP contribution >= 0.6 is 0 Å². The van der Waals surface area contributed by atoms with Gasteiger partial charge in [0, 0.05) is 13.1 Å². The molecule has 1 fully saturated rings. The smallest absolute Gasteiger partial charge is 0.260 e. The van der Waals surface area contributed by atoms with Crippen LogP contribution in [-0.4, -0.2) is 41.4 Å². The van der Waals surface area contributed by atoms with Crippen LogP contribution in [0.1, 0.15) is 32.3 Å². The van der Waals surface area contributed by atoms with E-state index in [1.165, 1.54) is 0 Å². The van der Waals surface area contributed by atoms with Gasteiger partial charge in [0.15, 0.2) is 6.61 Å². The first-order chi connectivity index (χ1) is 10.1. The Morgan fingerprint density at radius 1 is 1.33 bits per heavy atom. The molecule has 0 aliphatic carbocycles. The largest absolute Gasteiger partial charge is 0.484 e. The summed E-state index contributed by atoms with van der Waals surface area (Å²) < 4.78 is 5.52. The molecule has 1 heterocycles. The highest BCUT2D eigenvalue weighted by atomic mass is 16.5. The van der Waals surface area contributed by atoms with Crippen LogP contribution in [0.15, 0.2) is 29.4 Å². The lowest BCUT2D eigenvalue weighted by atomic mass is 9.99. The summed E-state index contributed by atoms with van der Waals surface area (Å²) in [5.74, 6) is 1.39. The van der Waals surface area contributed by atoms with Crippen LogP contribution in [0.3, 0.4) is 0 Å². The quantitative estimate of drug-likeness (QED) is 0.526. The lowest BCUT2D eigenvalue weighted by molar-refractivity contribution is -0.134.